The average molecular weight is 399 g/mol. The van der Waals surface area contributed by atoms with Crippen molar-refractivity contribution < 1.29 is 17.2 Å². The average Bonchev–Trinajstić information content (AvgIpc) is 3.07. The van der Waals surface area contributed by atoms with E-state index in [0.29, 0.717) is 18.8 Å². The molecule has 27 heavy (non-hydrogen) atoms. The molecule has 146 valence electrons. The second-order valence-electron chi connectivity index (χ2n) is 7.12. The van der Waals surface area contributed by atoms with Gasteiger partial charge >= 0.3 is 0 Å². The van der Waals surface area contributed by atoms with E-state index in [-0.39, 0.29) is 22.8 Å². The first-order chi connectivity index (χ1) is 12.7. The van der Waals surface area contributed by atoms with E-state index in [2.05, 4.69) is 20.6 Å². The minimum Gasteiger partial charge on any atom is -0.371 e. The van der Waals surface area contributed by atoms with Crippen LogP contribution in [0.2, 0.25) is 0 Å². The maximum atomic E-state index is 13.5. The number of anilines is 1. The molecule has 2 aliphatic rings. The summed E-state index contributed by atoms with van der Waals surface area (Å²) >= 11 is 0. The van der Waals surface area contributed by atoms with Crippen molar-refractivity contribution in [3.8, 4) is 11.4 Å². The van der Waals surface area contributed by atoms with Gasteiger partial charge < -0.3 is 10.6 Å². The van der Waals surface area contributed by atoms with Crippen molar-refractivity contribution in [2.24, 2.45) is 16.8 Å². The maximum absolute atomic E-state index is 13.5. The van der Waals surface area contributed by atoms with Crippen LogP contribution in [0.25, 0.3) is 11.4 Å². The van der Waals surface area contributed by atoms with Gasteiger partial charge in [-0.25, -0.2) is 22.3 Å². The number of hydrogen-bond donors (Lipinski definition) is 3. The highest BCUT2D eigenvalue weighted by molar-refractivity contribution is 7.89. The monoisotopic (exact) mass is 399 g/mol. The molecule has 1 atom stereocenters. The Hall–Kier alpha value is -2.18. The second kappa shape index (κ2) is 6.17. The summed E-state index contributed by atoms with van der Waals surface area (Å²) in [6.07, 6.45) is -0.279. The molecule has 9 nitrogen and oxygen atoms in total. The first-order valence-corrected chi connectivity index (χ1v) is 10.0. The van der Waals surface area contributed by atoms with Crippen LogP contribution in [0, 0.1) is 5.92 Å². The Labute approximate surface area is 154 Å². The van der Waals surface area contributed by atoms with Crippen LogP contribution < -0.4 is 15.8 Å². The van der Waals surface area contributed by atoms with Crippen molar-refractivity contribution in [2.75, 3.05) is 18.0 Å². The molecular weight excluding hydrogens is 380 g/mol. The van der Waals surface area contributed by atoms with Crippen LogP contribution >= 0.6 is 0 Å². The van der Waals surface area contributed by atoms with Crippen molar-refractivity contribution in [1.29, 1.82) is 0 Å². The van der Waals surface area contributed by atoms with E-state index in [1.807, 2.05) is 4.90 Å². The fraction of sp³-hybridized carbons (Fsp3) is 0.533. The van der Waals surface area contributed by atoms with Gasteiger partial charge in [0.05, 0.1) is 5.56 Å². The number of aromatic amines is 1. The topological polar surface area (TPSA) is 144 Å². The summed E-state index contributed by atoms with van der Waals surface area (Å²) in [7, 11) is -4.47. The molecular formula is C15H19F2N7O2S. The number of H-pyrrole nitrogens is 1. The number of sulfonamides is 1. The van der Waals surface area contributed by atoms with Crippen molar-refractivity contribution in [1.82, 2.24) is 20.6 Å². The molecule has 0 bridgehead atoms. The van der Waals surface area contributed by atoms with Gasteiger partial charge in [-0.05, 0) is 42.5 Å². The van der Waals surface area contributed by atoms with E-state index in [1.54, 1.807) is 0 Å². The van der Waals surface area contributed by atoms with Gasteiger partial charge in [-0.1, -0.05) is 0 Å². The molecule has 1 aliphatic heterocycles. The van der Waals surface area contributed by atoms with Gasteiger partial charge in [-0.3, -0.25) is 0 Å². The Morgan fingerprint density at radius 2 is 2.07 bits per heavy atom. The Morgan fingerprint density at radius 3 is 2.63 bits per heavy atom. The van der Waals surface area contributed by atoms with Crippen molar-refractivity contribution >= 4 is 15.7 Å². The molecule has 2 fully saturated rings. The number of halogens is 2. The van der Waals surface area contributed by atoms with Crippen LogP contribution in [0.15, 0.2) is 17.0 Å². The molecule has 5 N–H and O–H groups in total. The SMILES string of the molecule is NC1(C2CCN(c3ccc(C(F)F)c(S(N)(=O)=O)c3-c3nn[nH]n3)C2)CC1. The number of alkyl halides is 2. The minimum absolute atomic E-state index is 0.0634. The number of primary sulfonamides is 1. The largest absolute Gasteiger partial charge is 0.371 e. The van der Waals surface area contributed by atoms with Crippen LogP contribution in [0.3, 0.4) is 0 Å². The Bertz CT molecular complexity index is 961. The predicted octanol–water partition coefficient (Wildman–Crippen LogP) is 0.769. The summed E-state index contributed by atoms with van der Waals surface area (Å²) < 4.78 is 51.4. The van der Waals surface area contributed by atoms with Crippen molar-refractivity contribution in [3.63, 3.8) is 0 Å². The van der Waals surface area contributed by atoms with Gasteiger partial charge in [-0.15, -0.1) is 10.2 Å². The molecule has 2 aromatic rings. The molecule has 1 aromatic carbocycles. The molecule has 4 rings (SSSR count). The van der Waals surface area contributed by atoms with Crippen molar-refractivity contribution in [3.05, 3.63) is 17.7 Å². The van der Waals surface area contributed by atoms with Crippen LogP contribution in [0.1, 0.15) is 31.3 Å². The number of rotatable bonds is 5. The number of benzene rings is 1. The van der Waals surface area contributed by atoms with Gasteiger partial charge in [-0.2, -0.15) is 5.21 Å². The number of nitrogens with one attached hydrogen (secondary N) is 1. The third-order valence-corrected chi connectivity index (χ3v) is 6.43. The van der Waals surface area contributed by atoms with Crippen LogP contribution in [-0.4, -0.2) is 47.7 Å². The lowest BCUT2D eigenvalue weighted by Gasteiger charge is -2.25. The number of hydrogen-bond acceptors (Lipinski definition) is 7. The standard InChI is InChI=1S/C15H19F2N7O2S/c16-13(17)9-1-2-10(24-6-3-8(7-24)15(18)4-5-15)11(12(9)27(19,25)26)14-20-22-23-21-14/h1-2,8,13H,3-7,18H2,(H2,19,25,26)(H,20,21,22,23). The highest BCUT2D eigenvalue weighted by Crippen LogP contribution is 2.46. The fourth-order valence-corrected chi connectivity index (χ4v) is 4.78. The first kappa shape index (κ1) is 18.2. The van der Waals surface area contributed by atoms with E-state index in [9.17, 15) is 17.2 Å². The lowest BCUT2D eigenvalue weighted by atomic mass is 9.97. The Balaban J connectivity index is 1.87. The normalized spacial score (nSPS) is 21.8. The van der Waals surface area contributed by atoms with E-state index in [0.717, 1.165) is 25.3 Å². The summed E-state index contributed by atoms with van der Waals surface area (Å²) in [4.78, 5) is 1.25. The highest BCUT2D eigenvalue weighted by Gasteiger charge is 2.48. The number of aromatic nitrogens is 4. The minimum atomic E-state index is -4.47. The Kier molecular flexibility index (Phi) is 4.16. The van der Waals surface area contributed by atoms with Crippen LogP contribution in [0.4, 0.5) is 14.5 Å². The number of nitrogens with zero attached hydrogens (tertiary/aromatic N) is 4. The van der Waals surface area contributed by atoms with Gasteiger partial charge in [0.1, 0.15) is 4.90 Å². The smallest absolute Gasteiger partial charge is 0.265 e. The van der Waals surface area contributed by atoms with E-state index in [1.165, 1.54) is 6.07 Å². The second-order valence-corrected chi connectivity index (χ2v) is 8.62. The lowest BCUT2D eigenvalue weighted by molar-refractivity contribution is 0.148. The highest BCUT2D eigenvalue weighted by atomic mass is 32.2. The van der Waals surface area contributed by atoms with E-state index >= 15 is 0 Å². The molecule has 1 aromatic heterocycles. The van der Waals surface area contributed by atoms with Gasteiger partial charge in [0.2, 0.25) is 15.8 Å². The number of tetrazole rings is 1. The molecule has 2 heterocycles. The van der Waals surface area contributed by atoms with Gasteiger partial charge in [0.15, 0.2) is 0 Å². The molecule has 0 radical (unpaired) electrons. The van der Waals surface area contributed by atoms with Gasteiger partial charge in [0.25, 0.3) is 6.43 Å². The third kappa shape index (κ3) is 3.17. The third-order valence-electron chi connectivity index (χ3n) is 5.42. The zero-order chi connectivity index (χ0) is 19.4. The van der Waals surface area contributed by atoms with E-state index in [4.69, 9.17) is 10.9 Å². The van der Waals surface area contributed by atoms with E-state index < -0.39 is 26.9 Å². The molecule has 1 unspecified atom stereocenters. The molecule has 1 aliphatic carbocycles. The Morgan fingerprint density at radius 1 is 1.33 bits per heavy atom. The predicted molar refractivity (Wildman–Crippen MR) is 92.4 cm³/mol. The van der Waals surface area contributed by atoms with Crippen LogP contribution in [0.5, 0.6) is 0 Å². The summed E-state index contributed by atoms with van der Waals surface area (Å²) in [6, 6.07) is 2.55. The summed E-state index contributed by atoms with van der Waals surface area (Å²) in [5.74, 6) is 0.150. The molecule has 0 spiro atoms. The lowest BCUT2D eigenvalue weighted by Crippen LogP contribution is -2.34. The quantitative estimate of drug-likeness (QED) is 0.673. The summed E-state index contributed by atoms with van der Waals surface area (Å²) in [5, 5.41) is 18.6. The zero-order valence-corrected chi connectivity index (χ0v) is 15.1. The summed E-state index contributed by atoms with van der Waals surface area (Å²) in [6.45, 7) is 1.21. The molecule has 12 heteroatoms. The molecule has 1 saturated carbocycles. The van der Waals surface area contributed by atoms with Crippen LogP contribution in [-0.2, 0) is 10.0 Å². The van der Waals surface area contributed by atoms with Gasteiger partial charge in [0, 0.05) is 29.9 Å². The summed E-state index contributed by atoms with van der Waals surface area (Å²) in [5.41, 5.74) is 5.80. The van der Waals surface area contributed by atoms with Crippen molar-refractivity contribution in [2.45, 2.75) is 36.1 Å². The molecule has 1 saturated heterocycles. The first-order valence-electron chi connectivity index (χ1n) is 8.46. The maximum Gasteiger partial charge on any atom is 0.265 e. The number of nitrogens with two attached hydrogens (primary N) is 2. The molecule has 0 amide bonds. The fourth-order valence-electron chi connectivity index (χ4n) is 3.82. The zero-order valence-electron chi connectivity index (χ0n) is 14.3.